The first kappa shape index (κ1) is 11.6. The van der Waals surface area contributed by atoms with Gasteiger partial charge in [0.1, 0.15) is 0 Å². The molecule has 2 N–H and O–H groups in total. The highest BCUT2D eigenvalue weighted by Crippen LogP contribution is 2.17. The molecule has 2 unspecified atom stereocenters. The van der Waals surface area contributed by atoms with Gasteiger partial charge in [-0.1, -0.05) is 20.8 Å². The van der Waals surface area contributed by atoms with E-state index in [9.17, 15) is 9.90 Å². The molecule has 72 valence electrons. The third-order valence-electron chi connectivity index (χ3n) is 1.82. The second-order valence-corrected chi connectivity index (χ2v) is 4.12. The molecule has 0 fully saturated rings. The monoisotopic (exact) mass is 173 g/mol. The van der Waals surface area contributed by atoms with Crippen molar-refractivity contribution in [2.24, 2.45) is 5.41 Å². The second-order valence-electron chi connectivity index (χ2n) is 4.12. The number of nitrogens with one attached hydrogen (secondary N) is 1. The van der Waals surface area contributed by atoms with Crippen LogP contribution in [0.2, 0.25) is 0 Å². The molecule has 0 saturated carbocycles. The van der Waals surface area contributed by atoms with Crippen LogP contribution >= 0.6 is 0 Å². The third-order valence-corrected chi connectivity index (χ3v) is 1.82. The predicted octanol–water partition coefficient (Wildman–Crippen LogP) is 0.570. The van der Waals surface area contributed by atoms with Crippen LogP contribution in [0.4, 0.5) is 0 Å². The molecular weight excluding hydrogens is 154 g/mol. The summed E-state index contributed by atoms with van der Waals surface area (Å²) in [5, 5.41) is 12.1. The topological polar surface area (TPSA) is 49.3 Å². The van der Waals surface area contributed by atoms with E-state index in [1.807, 2.05) is 20.8 Å². The third kappa shape index (κ3) is 2.91. The van der Waals surface area contributed by atoms with E-state index < -0.39 is 17.6 Å². The lowest BCUT2D eigenvalue weighted by Gasteiger charge is -2.25. The van der Waals surface area contributed by atoms with Gasteiger partial charge in [0, 0.05) is 5.41 Å². The first-order chi connectivity index (χ1) is 5.30. The standard InChI is InChI=1S/C9H19NO2/c1-6(11)7(10-5)8(12)9(2,3)4/h6-7,10-11H,1-5H3. The van der Waals surface area contributed by atoms with E-state index in [4.69, 9.17) is 0 Å². The average molecular weight is 173 g/mol. The zero-order valence-corrected chi connectivity index (χ0v) is 8.51. The molecule has 0 saturated heterocycles. The Hall–Kier alpha value is -0.410. The Morgan fingerprint density at radius 2 is 1.83 bits per heavy atom. The SMILES string of the molecule is CNC(C(=O)C(C)(C)C)C(C)O. The fourth-order valence-electron chi connectivity index (χ4n) is 1.06. The number of likely N-dealkylation sites (N-methyl/N-ethyl adjacent to an activating group) is 1. The van der Waals surface area contributed by atoms with E-state index in [0.29, 0.717) is 0 Å². The zero-order chi connectivity index (χ0) is 9.94. The number of rotatable bonds is 3. The maximum Gasteiger partial charge on any atom is 0.157 e. The molecule has 0 amide bonds. The Balaban J connectivity index is 4.44. The van der Waals surface area contributed by atoms with Gasteiger partial charge >= 0.3 is 0 Å². The van der Waals surface area contributed by atoms with E-state index in [1.54, 1.807) is 14.0 Å². The van der Waals surface area contributed by atoms with E-state index in [1.165, 1.54) is 0 Å². The highest BCUT2D eigenvalue weighted by atomic mass is 16.3. The second kappa shape index (κ2) is 4.01. The molecule has 0 aromatic heterocycles. The molecule has 0 aromatic carbocycles. The van der Waals surface area contributed by atoms with Crippen LogP contribution in [0.5, 0.6) is 0 Å². The van der Waals surface area contributed by atoms with E-state index in [2.05, 4.69) is 5.32 Å². The van der Waals surface area contributed by atoms with Crippen molar-refractivity contribution in [2.45, 2.75) is 39.8 Å². The van der Waals surface area contributed by atoms with Gasteiger partial charge in [0.05, 0.1) is 12.1 Å². The van der Waals surface area contributed by atoms with Crippen molar-refractivity contribution in [3.05, 3.63) is 0 Å². The first-order valence-electron chi connectivity index (χ1n) is 4.20. The highest BCUT2D eigenvalue weighted by molar-refractivity contribution is 5.89. The summed E-state index contributed by atoms with van der Waals surface area (Å²) in [5.74, 6) is 0.0417. The van der Waals surface area contributed by atoms with E-state index >= 15 is 0 Å². The number of hydrogen-bond acceptors (Lipinski definition) is 3. The highest BCUT2D eigenvalue weighted by Gasteiger charge is 2.31. The van der Waals surface area contributed by atoms with Gasteiger partial charge in [-0.15, -0.1) is 0 Å². The minimum absolute atomic E-state index is 0.0417. The maximum atomic E-state index is 11.6. The summed E-state index contributed by atoms with van der Waals surface area (Å²) < 4.78 is 0. The van der Waals surface area contributed by atoms with Crippen LogP contribution in [0.3, 0.4) is 0 Å². The van der Waals surface area contributed by atoms with Gasteiger partial charge in [0.15, 0.2) is 5.78 Å². The van der Waals surface area contributed by atoms with Crippen molar-refractivity contribution in [1.29, 1.82) is 0 Å². The van der Waals surface area contributed by atoms with Crippen molar-refractivity contribution in [3.8, 4) is 0 Å². The van der Waals surface area contributed by atoms with Crippen LogP contribution in [-0.4, -0.2) is 30.1 Å². The fraction of sp³-hybridized carbons (Fsp3) is 0.889. The molecule has 0 aliphatic carbocycles. The number of hydrogen-bond donors (Lipinski definition) is 2. The summed E-state index contributed by atoms with van der Waals surface area (Å²) in [6.07, 6.45) is -0.637. The Labute approximate surface area is 74.2 Å². The van der Waals surface area contributed by atoms with Gasteiger partial charge in [-0.25, -0.2) is 0 Å². The molecule has 0 aliphatic rings. The van der Waals surface area contributed by atoms with Crippen molar-refractivity contribution in [2.75, 3.05) is 7.05 Å². The van der Waals surface area contributed by atoms with Gasteiger partial charge in [-0.05, 0) is 14.0 Å². The fourth-order valence-corrected chi connectivity index (χ4v) is 1.06. The van der Waals surface area contributed by atoms with Crippen LogP contribution in [0, 0.1) is 5.41 Å². The number of ketones is 1. The molecule has 3 nitrogen and oxygen atoms in total. The van der Waals surface area contributed by atoms with Crippen LogP contribution in [0.15, 0.2) is 0 Å². The van der Waals surface area contributed by atoms with Gasteiger partial charge in [0.25, 0.3) is 0 Å². The first-order valence-corrected chi connectivity index (χ1v) is 4.20. The minimum Gasteiger partial charge on any atom is -0.391 e. The van der Waals surface area contributed by atoms with Gasteiger partial charge in [0.2, 0.25) is 0 Å². The number of aliphatic hydroxyl groups excluding tert-OH is 1. The molecule has 0 bridgehead atoms. The zero-order valence-electron chi connectivity index (χ0n) is 8.51. The summed E-state index contributed by atoms with van der Waals surface area (Å²) in [6, 6.07) is -0.454. The van der Waals surface area contributed by atoms with Crippen molar-refractivity contribution in [3.63, 3.8) is 0 Å². The van der Waals surface area contributed by atoms with Gasteiger partial charge < -0.3 is 10.4 Å². The van der Waals surface area contributed by atoms with Gasteiger partial charge in [-0.2, -0.15) is 0 Å². The predicted molar refractivity (Wildman–Crippen MR) is 49.0 cm³/mol. The molecule has 0 rings (SSSR count). The molecule has 0 spiro atoms. The molecule has 12 heavy (non-hydrogen) atoms. The average Bonchev–Trinajstić information content (AvgIpc) is 1.86. The lowest BCUT2D eigenvalue weighted by molar-refractivity contribution is -0.130. The van der Waals surface area contributed by atoms with Gasteiger partial charge in [-0.3, -0.25) is 4.79 Å². The molecule has 0 aromatic rings. The Morgan fingerprint density at radius 1 is 1.42 bits per heavy atom. The lowest BCUT2D eigenvalue weighted by atomic mass is 9.85. The van der Waals surface area contributed by atoms with Crippen molar-refractivity contribution < 1.29 is 9.90 Å². The normalized spacial score (nSPS) is 17.2. The number of carbonyl (C=O) groups is 1. The van der Waals surface area contributed by atoms with Crippen LogP contribution in [-0.2, 0) is 4.79 Å². The van der Waals surface area contributed by atoms with E-state index in [-0.39, 0.29) is 5.78 Å². The summed E-state index contributed by atoms with van der Waals surface area (Å²) in [6.45, 7) is 7.16. The largest absolute Gasteiger partial charge is 0.391 e. The Morgan fingerprint density at radius 3 is 1.92 bits per heavy atom. The summed E-state index contributed by atoms with van der Waals surface area (Å²) in [5.41, 5.74) is -0.398. The molecule has 2 atom stereocenters. The van der Waals surface area contributed by atoms with Crippen LogP contribution in [0.25, 0.3) is 0 Å². The molecule has 0 radical (unpaired) electrons. The lowest BCUT2D eigenvalue weighted by Crippen LogP contribution is -2.47. The van der Waals surface area contributed by atoms with Crippen LogP contribution < -0.4 is 5.32 Å². The number of carbonyl (C=O) groups excluding carboxylic acids is 1. The smallest absolute Gasteiger partial charge is 0.157 e. The summed E-state index contributed by atoms with van der Waals surface area (Å²) in [4.78, 5) is 11.6. The minimum atomic E-state index is -0.637. The molecule has 3 heteroatoms. The van der Waals surface area contributed by atoms with Crippen molar-refractivity contribution >= 4 is 5.78 Å². The molecule has 0 aliphatic heterocycles. The Kier molecular flexibility index (Phi) is 3.87. The van der Waals surface area contributed by atoms with Crippen LogP contribution in [0.1, 0.15) is 27.7 Å². The molecular formula is C9H19NO2. The summed E-state index contributed by atoms with van der Waals surface area (Å²) >= 11 is 0. The number of aliphatic hydroxyl groups is 1. The Bertz CT molecular complexity index is 158. The number of Topliss-reactive ketones (excluding diaryl/α,β-unsaturated/α-hetero) is 1. The maximum absolute atomic E-state index is 11.6. The van der Waals surface area contributed by atoms with Crippen molar-refractivity contribution in [1.82, 2.24) is 5.32 Å². The quantitative estimate of drug-likeness (QED) is 0.656. The van der Waals surface area contributed by atoms with E-state index in [0.717, 1.165) is 0 Å². The summed E-state index contributed by atoms with van der Waals surface area (Å²) in [7, 11) is 1.68. The molecule has 0 heterocycles.